The molecule has 0 aromatic carbocycles. The van der Waals surface area contributed by atoms with E-state index in [0.29, 0.717) is 19.3 Å². The predicted octanol–water partition coefficient (Wildman–Crippen LogP) is 17.7. The van der Waals surface area contributed by atoms with Gasteiger partial charge >= 0.3 is 5.97 Å². The van der Waals surface area contributed by atoms with E-state index in [4.69, 9.17) is 4.74 Å². The zero-order chi connectivity index (χ0) is 49.5. The fourth-order valence-electron chi connectivity index (χ4n) is 8.12. The fraction of sp³-hybridized carbons (Fsp3) is 0.710. The van der Waals surface area contributed by atoms with Crippen LogP contribution in [0, 0.1) is 0 Å². The van der Waals surface area contributed by atoms with Gasteiger partial charge in [0.1, 0.15) is 6.10 Å². The average molecular weight is 947 g/mol. The first kappa shape index (κ1) is 64.8. The van der Waals surface area contributed by atoms with Crippen molar-refractivity contribution < 1.29 is 24.5 Å². The van der Waals surface area contributed by atoms with Gasteiger partial charge in [0.15, 0.2) is 0 Å². The van der Waals surface area contributed by atoms with Gasteiger partial charge in [0, 0.05) is 6.42 Å². The first-order valence-corrected chi connectivity index (χ1v) is 28.5. The highest BCUT2D eigenvalue weighted by molar-refractivity contribution is 5.78. The molecular formula is C62H107NO5. The smallest absolute Gasteiger partial charge is 0.306 e. The Morgan fingerprint density at radius 3 is 1.31 bits per heavy atom. The summed E-state index contributed by atoms with van der Waals surface area (Å²) in [6.07, 6.45) is 73.6. The van der Waals surface area contributed by atoms with Crippen LogP contribution >= 0.6 is 0 Å². The number of esters is 1. The summed E-state index contributed by atoms with van der Waals surface area (Å²) < 4.78 is 5.84. The van der Waals surface area contributed by atoms with E-state index in [1.54, 1.807) is 6.08 Å². The first-order chi connectivity index (χ1) is 33.5. The van der Waals surface area contributed by atoms with E-state index in [1.807, 2.05) is 6.08 Å². The SMILES string of the molecule is CC/C=C\C/C=C\C/C=C\C/C=C\C/C=C\C/C=C\C(CC(=O)NC(CO)C(O)CCCCCCCCCCCCCCCCCCC)OC(=O)CCCCCCCC/C=C/C=C/CCCCC. The lowest BCUT2D eigenvalue weighted by molar-refractivity contribution is -0.148. The second-order valence-corrected chi connectivity index (χ2v) is 19.0. The van der Waals surface area contributed by atoms with Crippen LogP contribution in [-0.2, 0) is 14.3 Å². The molecule has 0 aliphatic heterocycles. The number of unbranched alkanes of at least 4 members (excludes halogenated alkanes) is 25. The lowest BCUT2D eigenvalue weighted by Crippen LogP contribution is -2.46. The van der Waals surface area contributed by atoms with Crippen molar-refractivity contribution in [3.05, 3.63) is 97.2 Å². The van der Waals surface area contributed by atoms with Gasteiger partial charge in [-0.2, -0.15) is 0 Å². The van der Waals surface area contributed by atoms with Gasteiger partial charge in [-0.05, 0) is 83.1 Å². The second-order valence-electron chi connectivity index (χ2n) is 19.0. The van der Waals surface area contributed by atoms with Gasteiger partial charge in [-0.25, -0.2) is 0 Å². The highest BCUT2D eigenvalue weighted by Crippen LogP contribution is 2.16. The van der Waals surface area contributed by atoms with Gasteiger partial charge in [-0.3, -0.25) is 9.59 Å². The van der Waals surface area contributed by atoms with E-state index in [2.05, 4.69) is 111 Å². The minimum Gasteiger partial charge on any atom is -0.458 e. The van der Waals surface area contributed by atoms with Gasteiger partial charge in [0.25, 0.3) is 0 Å². The molecule has 6 heteroatoms. The zero-order valence-corrected chi connectivity index (χ0v) is 44.5. The number of ether oxygens (including phenoxy) is 1. The van der Waals surface area contributed by atoms with Crippen LogP contribution in [0.4, 0.5) is 0 Å². The van der Waals surface area contributed by atoms with Gasteiger partial charge < -0.3 is 20.3 Å². The highest BCUT2D eigenvalue weighted by atomic mass is 16.5. The molecule has 0 aromatic rings. The molecule has 3 N–H and O–H groups in total. The van der Waals surface area contributed by atoms with E-state index in [0.717, 1.165) is 83.5 Å². The van der Waals surface area contributed by atoms with Crippen LogP contribution in [0.1, 0.15) is 258 Å². The Kier molecular flexibility index (Phi) is 52.1. The number of aliphatic hydroxyl groups excluding tert-OH is 2. The van der Waals surface area contributed by atoms with E-state index < -0.39 is 18.2 Å². The summed E-state index contributed by atoms with van der Waals surface area (Å²) in [4.78, 5) is 26.2. The molecule has 68 heavy (non-hydrogen) atoms. The molecule has 0 saturated carbocycles. The van der Waals surface area contributed by atoms with Gasteiger partial charge in [0.2, 0.25) is 5.91 Å². The molecule has 0 fully saturated rings. The molecule has 3 atom stereocenters. The minimum atomic E-state index is -0.828. The Morgan fingerprint density at radius 2 is 0.853 bits per heavy atom. The third-order valence-corrected chi connectivity index (χ3v) is 12.4. The lowest BCUT2D eigenvalue weighted by atomic mass is 10.0. The molecule has 0 saturated heterocycles. The van der Waals surface area contributed by atoms with E-state index in [9.17, 15) is 19.8 Å². The van der Waals surface area contributed by atoms with E-state index in [-0.39, 0.29) is 24.9 Å². The zero-order valence-electron chi connectivity index (χ0n) is 44.5. The molecular weight excluding hydrogens is 839 g/mol. The maximum Gasteiger partial charge on any atom is 0.306 e. The van der Waals surface area contributed by atoms with Crippen LogP contribution in [0.3, 0.4) is 0 Å². The van der Waals surface area contributed by atoms with Crippen LogP contribution in [0.25, 0.3) is 0 Å². The third kappa shape index (κ3) is 49.2. The number of rotatable bonds is 50. The predicted molar refractivity (Wildman–Crippen MR) is 296 cm³/mol. The Hall–Kier alpha value is -3.22. The summed E-state index contributed by atoms with van der Waals surface area (Å²) in [5.74, 6) is -0.645. The highest BCUT2D eigenvalue weighted by Gasteiger charge is 2.23. The number of amides is 1. The second kappa shape index (κ2) is 54.7. The van der Waals surface area contributed by atoms with Gasteiger partial charge in [-0.1, -0.05) is 260 Å². The van der Waals surface area contributed by atoms with Crippen molar-refractivity contribution in [2.45, 2.75) is 277 Å². The maximum absolute atomic E-state index is 13.2. The number of aliphatic hydroxyl groups is 2. The molecule has 1 amide bonds. The van der Waals surface area contributed by atoms with E-state index in [1.165, 1.54) is 128 Å². The molecule has 6 nitrogen and oxygen atoms in total. The van der Waals surface area contributed by atoms with Crippen molar-refractivity contribution >= 4 is 11.9 Å². The van der Waals surface area contributed by atoms with Crippen LogP contribution in [0.15, 0.2) is 97.2 Å². The van der Waals surface area contributed by atoms with E-state index >= 15 is 0 Å². The molecule has 0 heterocycles. The van der Waals surface area contributed by atoms with Crippen molar-refractivity contribution in [3.63, 3.8) is 0 Å². The molecule has 0 bridgehead atoms. The largest absolute Gasteiger partial charge is 0.458 e. The fourth-order valence-corrected chi connectivity index (χ4v) is 8.12. The van der Waals surface area contributed by atoms with Crippen molar-refractivity contribution in [1.82, 2.24) is 5.32 Å². The van der Waals surface area contributed by atoms with Crippen molar-refractivity contribution in [2.24, 2.45) is 0 Å². The summed E-state index contributed by atoms with van der Waals surface area (Å²) in [5, 5.41) is 23.8. The minimum absolute atomic E-state index is 0.0562. The molecule has 0 radical (unpaired) electrons. The quantitative estimate of drug-likeness (QED) is 0.0244. The average Bonchev–Trinajstić information content (AvgIpc) is 3.33. The molecule has 0 spiro atoms. The third-order valence-electron chi connectivity index (χ3n) is 12.4. The maximum atomic E-state index is 13.2. The monoisotopic (exact) mass is 946 g/mol. The van der Waals surface area contributed by atoms with Gasteiger partial charge in [0.05, 0.1) is 25.2 Å². The molecule has 0 aromatic heterocycles. The van der Waals surface area contributed by atoms with Gasteiger partial charge in [-0.15, -0.1) is 0 Å². The summed E-state index contributed by atoms with van der Waals surface area (Å²) in [6.45, 7) is 6.32. The summed E-state index contributed by atoms with van der Waals surface area (Å²) in [6, 6.07) is -0.752. The first-order valence-electron chi connectivity index (χ1n) is 28.5. The van der Waals surface area contributed by atoms with Crippen molar-refractivity contribution in [3.8, 4) is 0 Å². The number of carbonyl (C=O) groups is 2. The number of carbonyl (C=O) groups excluding carboxylic acids is 2. The number of nitrogens with one attached hydrogen (secondary N) is 1. The van der Waals surface area contributed by atoms with Crippen LogP contribution in [-0.4, -0.2) is 46.9 Å². The van der Waals surface area contributed by atoms with Crippen LogP contribution in [0.5, 0.6) is 0 Å². The molecule has 0 aliphatic rings. The Bertz CT molecular complexity index is 1340. The summed E-state index contributed by atoms with van der Waals surface area (Å²) in [7, 11) is 0. The Labute approximate surface area is 420 Å². The normalized spacial score (nSPS) is 13.9. The standard InChI is InChI=1S/C62H107NO5/c1-4-7-10-13-16-19-22-25-28-30-33-35-38-41-44-47-50-53-58(68-62(67)55-52-49-46-43-40-37-32-27-24-21-18-15-12-9-6-3)56-61(66)63-59(57-64)60(65)54-51-48-45-42-39-36-34-31-29-26-23-20-17-14-11-8-5-2/h7,10,16,18-19,21,24-25,27-28,33,35,41,44,50,53,58-60,64-65H,4-6,8-9,11-15,17,20,22-23,26,29-32,34,36-40,42-43,45-49,51-52,54-57H2,1-3H3,(H,63,66)/b10-7-,19-16-,21-18+,27-24+,28-25-,35-33-,44-41-,53-50-. The van der Waals surface area contributed by atoms with Crippen LogP contribution < -0.4 is 5.32 Å². The summed E-state index contributed by atoms with van der Waals surface area (Å²) in [5.41, 5.74) is 0. The number of hydrogen-bond acceptors (Lipinski definition) is 5. The van der Waals surface area contributed by atoms with Crippen molar-refractivity contribution in [2.75, 3.05) is 6.61 Å². The van der Waals surface area contributed by atoms with Crippen molar-refractivity contribution in [1.29, 1.82) is 0 Å². The molecule has 0 aliphatic carbocycles. The Balaban J connectivity index is 4.73. The summed E-state index contributed by atoms with van der Waals surface area (Å²) >= 11 is 0. The molecule has 390 valence electrons. The molecule has 3 unspecified atom stereocenters. The number of allylic oxidation sites excluding steroid dienone is 15. The topological polar surface area (TPSA) is 95.9 Å². The lowest BCUT2D eigenvalue weighted by Gasteiger charge is -2.23. The van der Waals surface area contributed by atoms with Crippen LogP contribution in [0.2, 0.25) is 0 Å². The molecule has 0 rings (SSSR count). The number of hydrogen-bond donors (Lipinski definition) is 3. The Morgan fingerprint density at radius 1 is 0.471 bits per heavy atom.